The number of halogens is 4. The van der Waals surface area contributed by atoms with E-state index in [1.807, 2.05) is 0 Å². The van der Waals surface area contributed by atoms with Crippen LogP contribution in [0, 0.1) is 0 Å². The monoisotopic (exact) mass is 420 g/mol. The Bertz CT molecular complexity index is 385. The summed E-state index contributed by atoms with van der Waals surface area (Å²) in [5, 5.41) is 16.5. The summed E-state index contributed by atoms with van der Waals surface area (Å²) in [6.07, 6.45) is -2.23. The number of aliphatic hydroxyl groups is 2. The van der Waals surface area contributed by atoms with Crippen LogP contribution in [0.3, 0.4) is 0 Å². The quantitative estimate of drug-likeness (QED) is 0.330. The largest absolute Gasteiger partial charge is 0.466 e. The molecule has 6 nitrogen and oxygen atoms in total. The maximum Gasteiger partial charge on any atom is 0.305 e. The minimum atomic E-state index is -3.04. The lowest BCUT2D eigenvalue weighted by molar-refractivity contribution is -0.147. The summed E-state index contributed by atoms with van der Waals surface area (Å²) in [5.41, 5.74) is 0. The van der Waals surface area contributed by atoms with E-state index in [9.17, 15) is 27.2 Å². The van der Waals surface area contributed by atoms with Gasteiger partial charge in [0.05, 0.1) is 26.1 Å². The molecule has 168 valence electrons. The van der Waals surface area contributed by atoms with E-state index in [4.69, 9.17) is 10.2 Å². The van der Waals surface area contributed by atoms with Crippen LogP contribution in [0.15, 0.2) is 0 Å². The van der Waals surface area contributed by atoms with E-state index < -0.39 is 36.6 Å². The molecular formula is C18H32F4O6. The third-order valence-electron chi connectivity index (χ3n) is 3.40. The second-order valence-electron chi connectivity index (χ2n) is 5.98. The maximum absolute atomic E-state index is 13.2. The summed E-state index contributed by atoms with van der Waals surface area (Å²) in [7, 11) is 0. The number of alkyl halides is 4. The second kappa shape index (κ2) is 16.5. The number of carbonyl (C=O) groups is 2. The number of rotatable bonds is 14. The average molecular weight is 420 g/mol. The van der Waals surface area contributed by atoms with Crippen LogP contribution in [0.2, 0.25) is 0 Å². The fraction of sp³-hybridized carbons (Fsp3) is 0.889. The number of carbonyl (C=O) groups excluding carboxylic acids is 2. The van der Waals surface area contributed by atoms with Gasteiger partial charge in [-0.2, -0.15) is 0 Å². The molecule has 0 bridgehead atoms. The lowest BCUT2D eigenvalue weighted by atomic mass is 10.1. The van der Waals surface area contributed by atoms with Gasteiger partial charge in [-0.05, 0) is 26.7 Å². The highest BCUT2D eigenvalue weighted by molar-refractivity contribution is 5.70. The molecule has 0 aromatic carbocycles. The zero-order chi connectivity index (χ0) is 22.1. The first-order valence-electron chi connectivity index (χ1n) is 9.32. The molecule has 0 unspecified atom stereocenters. The molecule has 0 fully saturated rings. The molecule has 0 aliphatic heterocycles. The summed E-state index contributed by atoms with van der Waals surface area (Å²) in [6.45, 7) is 3.16. The van der Waals surface area contributed by atoms with Gasteiger partial charge in [-0.15, -0.1) is 0 Å². The Morgan fingerprint density at radius 2 is 1.04 bits per heavy atom. The zero-order valence-electron chi connectivity index (χ0n) is 16.5. The standard InChI is InChI=1S/C11H18F2O4.C7H14F2O2/c1-3-16-9(14)5-7-11(12,13)8-6-10(15)17-4-2;8-7(9,3-1-5-10)4-2-6-11/h3-8H2,1-2H3;10-11H,1-6H2. The first-order chi connectivity index (χ1) is 13.0. The van der Waals surface area contributed by atoms with Crippen molar-refractivity contribution in [2.45, 2.75) is 77.1 Å². The van der Waals surface area contributed by atoms with Gasteiger partial charge in [0.15, 0.2) is 0 Å². The summed E-state index contributed by atoms with van der Waals surface area (Å²) >= 11 is 0. The number of ether oxygens (including phenoxy) is 2. The van der Waals surface area contributed by atoms with Crippen LogP contribution in [0.25, 0.3) is 0 Å². The molecule has 0 spiro atoms. The third kappa shape index (κ3) is 19.3. The fourth-order valence-corrected chi connectivity index (χ4v) is 1.96. The predicted molar refractivity (Wildman–Crippen MR) is 94.3 cm³/mol. The molecule has 0 aliphatic carbocycles. The smallest absolute Gasteiger partial charge is 0.305 e. The van der Waals surface area contributed by atoms with Crippen molar-refractivity contribution < 1.29 is 46.8 Å². The minimum Gasteiger partial charge on any atom is -0.466 e. The highest BCUT2D eigenvalue weighted by atomic mass is 19.3. The van der Waals surface area contributed by atoms with Gasteiger partial charge in [0.1, 0.15) is 0 Å². The first kappa shape index (κ1) is 28.8. The van der Waals surface area contributed by atoms with Crippen molar-refractivity contribution in [3.05, 3.63) is 0 Å². The van der Waals surface area contributed by atoms with Gasteiger partial charge < -0.3 is 19.7 Å². The van der Waals surface area contributed by atoms with Crippen LogP contribution in [-0.4, -0.2) is 60.4 Å². The molecule has 0 atom stereocenters. The van der Waals surface area contributed by atoms with Gasteiger partial charge in [0, 0.05) is 38.9 Å². The van der Waals surface area contributed by atoms with E-state index in [0.717, 1.165) is 0 Å². The van der Waals surface area contributed by atoms with Crippen LogP contribution in [-0.2, 0) is 19.1 Å². The molecule has 0 aromatic heterocycles. The molecule has 28 heavy (non-hydrogen) atoms. The Morgan fingerprint density at radius 1 is 0.714 bits per heavy atom. The molecular weight excluding hydrogens is 388 g/mol. The molecule has 0 rings (SSSR count). The van der Waals surface area contributed by atoms with Gasteiger partial charge in [0.2, 0.25) is 11.8 Å². The Kier molecular flexibility index (Phi) is 17.0. The van der Waals surface area contributed by atoms with E-state index >= 15 is 0 Å². The molecule has 10 heteroatoms. The van der Waals surface area contributed by atoms with Crippen molar-refractivity contribution in [2.24, 2.45) is 0 Å². The number of hydrogen-bond acceptors (Lipinski definition) is 6. The van der Waals surface area contributed by atoms with E-state index in [0.29, 0.717) is 0 Å². The van der Waals surface area contributed by atoms with Crippen LogP contribution in [0.5, 0.6) is 0 Å². The molecule has 0 saturated heterocycles. The van der Waals surface area contributed by atoms with Crippen LogP contribution >= 0.6 is 0 Å². The van der Waals surface area contributed by atoms with Gasteiger partial charge in [0.25, 0.3) is 0 Å². The maximum atomic E-state index is 13.2. The van der Waals surface area contributed by atoms with Crippen molar-refractivity contribution >= 4 is 11.9 Å². The number of esters is 2. The van der Waals surface area contributed by atoms with E-state index in [-0.39, 0.29) is 65.0 Å². The van der Waals surface area contributed by atoms with Gasteiger partial charge in [-0.25, -0.2) is 17.6 Å². The molecule has 0 amide bonds. The van der Waals surface area contributed by atoms with Crippen molar-refractivity contribution in [1.82, 2.24) is 0 Å². The Balaban J connectivity index is 0. The molecule has 2 N–H and O–H groups in total. The van der Waals surface area contributed by atoms with Gasteiger partial charge >= 0.3 is 11.9 Å². The van der Waals surface area contributed by atoms with Gasteiger partial charge in [-0.1, -0.05) is 0 Å². The van der Waals surface area contributed by atoms with E-state index in [1.54, 1.807) is 13.8 Å². The highest BCUT2D eigenvalue weighted by Crippen LogP contribution is 2.26. The van der Waals surface area contributed by atoms with E-state index in [1.165, 1.54) is 0 Å². The Morgan fingerprint density at radius 3 is 1.32 bits per heavy atom. The lowest BCUT2D eigenvalue weighted by Crippen LogP contribution is -2.20. The summed E-state index contributed by atoms with van der Waals surface area (Å²) < 4.78 is 60.6. The third-order valence-corrected chi connectivity index (χ3v) is 3.40. The van der Waals surface area contributed by atoms with Crippen molar-refractivity contribution in [2.75, 3.05) is 26.4 Å². The molecule has 0 heterocycles. The number of hydrogen-bond donors (Lipinski definition) is 2. The SMILES string of the molecule is CCOC(=O)CCC(F)(F)CCC(=O)OCC.OCCCC(F)(F)CCCO. The predicted octanol–water partition coefficient (Wildman–Crippen LogP) is 3.48. The first-order valence-corrected chi connectivity index (χ1v) is 9.32. The van der Waals surface area contributed by atoms with E-state index in [2.05, 4.69) is 9.47 Å². The molecule has 0 aliphatic rings. The van der Waals surface area contributed by atoms with Crippen molar-refractivity contribution in [1.29, 1.82) is 0 Å². The van der Waals surface area contributed by atoms with Gasteiger partial charge in [-0.3, -0.25) is 9.59 Å². The molecule has 0 aromatic rings. The highest BCUT2D eigenvalue weighted by Gasteiger charge is 2.30. The molecule has 0 saturated carbocycles. The Hall–Kier alpha value is -1.42. The van der Waals surface area contributed by atoms with Crippen molar-refractivity contribution in [3.8, 4) is 0 Å². The number of aliphatic hydroxyl groups excluding tert-OH is 2. The topological polar surface area (TPSA) is 93.1 Å². The zero-order valence-corrected chi connectivity index (χ0v) is 16.5. The Labute approximate surface area is 163 Å². The summed E-state index contributed by atoms with van der Waals surface area (Å²) in [5.74, 6) is -7.06. The van der Waals surface area contributed by atoms with Crippen LogP contribution in [0.4, 0.5) is 17.6 Å². The normalized spacial score (nSPS) is 11.4. The summed E-state index contributed by atoms with van der Waals surface area (Å²) in [6, 6.07) is 0. The summed E-state index contributed by atoms with van der Waals surface area (Å²) in [4.78, 5) is 21.8. The second-order valence-corrected chi connectivity index (χ2v) is 5.98. The van der Waals surface area contributed by atoms with Crippen LogP contribution < -0.4 is 0 Å². The minimum absolute atomic E-state index is 0.123. The molecule has 0 radical (unpaired) electrons. The lowest BCUT2D eigenvalue weighted by Gasteiger charge is -2.15. The van der Waals surface area contributed by atoms with Crippen molar-refractivity contribution in [3.63, 3.8) is 0 Å². The average Bonchev–Trinajstić information content (AvgIpc) is 2.63. The van der Waals surface area contributed by atoms with Crippen LogP contribution in [0.1, 0.15) is 65.2 Å². The fourth-order valence-electron chi connectivity index (χ4n) is 1.96.